The predicted molar refractivity (Wildman–Crippen MR) is 107 cm³/mol. The van der Waals surface area contributed by atoms with Crippen molar-refractivity contribution in [1.82, 2.24) is 4.98 Å². The van der Waals surface area contributed by atoms with Crippen molar-refractivity contribution in [3.63, 3.8) is 0 Å². The fourth-order valence-electron chi connectivity index (χ4n) is 4.05. The number of hydrogen-bond donors (Lipinski definition) is 1. The summed E-state index contributed by atoms with van der Waals surface area (Å²) in [7, 11) is 0. The standard InChI is InChI=1S/C23H36N2/c1-5-6-7-8-9-10-11-22(25-15-14-24-18-25)12-13-23-20(3)16-19(2)17-21(23)4/h14-18,22H,5-13H2,1-4H3/p+1. The minimum absolute atomic E-state index is 0.609. The zero-order chi connectivity index (χ0) is 18.1. The lowest BCUT2D eigenvalue weighted by atomic mass is 9.93. The Morgan fingerprint density at radius 3 is 2.24 bits per heavy atom. The zero-order valence-electron chi connectivity index (χ0n) is 16.8. The van der Waals surface area contributed by atoms with Crippen LogP contribution in [0.4, 0.5) is 0 Å². The second-order valence-electron chi connectivity index (χ2n) is 7.68. The molecule has 0 saturated carbocycles. The number of aromatic nitrogens is 2. The maximum Gasteiger partial charge on any atom is 0.241 e. The van der Waals surface area contributed by atoms with Gasteiger partial charge in [0.1, 0.15) is 18.4 Å². The van der Waals surface area contributed by atoms with Gasteiger partial charge < -0.3 is 0 Å². The molecule has 1 atom stereocenters. The molecule has 138 valence electrons. The van der Waals surface area contributed by atoms with Crippen LogP contribution in [0.3, 0.4) is 0 Å². The largest absolute Gasteiger partial charge is 0.250 e. The van der Waals surface area contributed by atoms with Gasteiger partial charge in [0.2, 0.25) is 6.33 Å². The average molecular weight is 342 g/mol. The molecule has 1 heterocycles. The number of aromatic amines is 1. The highest BCUT2D eigenvalue weighted by atomic mass is 15.0. The summed E-state index contributed by atoms with van der Waals surface area (Å²) in [6, 6.07) is 5.26. The molecule has 1 N–H and O–H groups in total. The van der Waals surface area contributed by atoms with E-state index in [0.29, 0.717) is 6.04 Å². The summed E-state index contributed by atoms with van der Waals surface area (Å²) in [4.78, 5) is 3.22. The van der Waals surface area contributed by atoms with Crippen LogP contribution >= 0.6 is 0 Å². The van der Waals surface area contributed by atoms with Crippen LogP contribution < -0.4 is 4.57 Å². The van der Waals surface area contributed by atoms with Crippen molar-refractivity contribution in [2.45, 2.75) is 91.5 Å². The number of benzene rings is 1. The molecule has 0 saturated heterocycles. The molecule has 2 rings (SSSR count). The molecule has 0 radical (unpaired) electrons. The molecule has 1 unspecified atom stereocenters. The van der Waals surface area contributed by atoms with E-state index in [-0.39, 0.29) is 0 Å². The van der Waals surface area contributed by atoms with E-state index in [1.807, 2.05) is 6.20 Å². The van der Waals surface area contributed by atoms with Crippen LogP contribution in [0.1, 0.15) is 86.6 Å². The highest BCUT2D eigenvalue weighted by Crippen LogP contribution is 2.22. The van der Waals surface area contributed by atoms with Gasteiger partial charge in [0.05, 0.1) is 0 Å². The third-order valence-electron chi connectivity index (χ3n) is 5.45. The maximum atomic E-state index is 3.22. The molecule has 0 bridgehead atoms. The Bertz CT molecular complexity index is 590. The van der Waals surface area contributed by atoms with Gasteiger partial charge in [-0.05, 0) is 63.1 Å². The van der Waals surface area contributed by atoms with E-state index in [1.54, 1.807) is 5.56 Å². The third kappa shape index (κ3) is 6.34. The van der Waals surface area contributed by atoms with Gasteiger partial charge in [0.25, 0.3) is 0 Å². The third-order valence-corrected chi connectivity index (χ3v) is 5.45. The highest BCUT2D eigenvalue weighted by molar-refractivity contribution is 5.37. The summed E-state index contributed by atoms with van der Waals surface area (Å²) in [5, 5.41) is 0. The lowest BCUT2D eigenvalue weighted by Crippen LogP contribution is -2.37. The van der Waals surface area contributed by atoms with E-state index in [4.69, 9.17) is 0 Å². The van der Waals surface area contributed by atoms with Crippen molar-refractivity contribution < 1.29 is 4.57 Å². The summed E-state index contributed by atoms with van der Waals surface area (Å²) in [6.07, 6.45) is 18.3. The minimum atomic E-state index is 0.609. The van der Waals surface area contributed by atoms with Crippen LogP contribution in [0.5, 0.6) is 0 Å². The quantitative estimate of drug-likeness (QED) is 0.373. The fourth-order valence-corrected chi connectivity index (χ4v) is 4.05. The summed E-state index contributed by atoms with van der Waals surface area (Å²) in [5.74, 6) is 0. The molecule has 25 heavy (non-hydrogen) atoms. The van der Waals surface area contributed by atoms with Crippen LogP contribution in [-0.2, 0) is 6.42 Å². The van der Waals surface area contributed by atoms with E-state index in [0.717, 1.165) is 0 Å². The molecule has 2 heteroatoms. The average Bonchev–Trinajstić information content (AvgIpc) is 3.09. The molecule has 2 nitrogen and oxygen atoms in total. The first-order chi connectivity index (χ1) is 12.1. The molecular weight excluding hydrogens is 304 g/mol. The van der Waals surface area contributed by atoms with E-state index in [2.05, 4.69) is 61.9 Å². The number of imidazole rings is 1. The van der Waals surface area contributed by atoms with Crippen LogP contribution in [0.2, 0.25) is 0 Å². The number of aryl methyl sites for hydroxylation is 3. The highest BCUT2D eigenvalue weighted by Gasteiger charge is 2.16. The Morgan fingerprint density at radius 1 is 0.920 bits per heavy atom. The summed E-state index contributed by atoms with van der Waals surface area (Å²) < 4.78 is 2.38. The van der Waals surface area contributed by atoms with E-state index < -0.39 is 0 Å². The summed E-state index contributed by atoms with van der Waals surface area (Å²) in [6.45, 7) is 9.01. The maximum absolute atomic E-state index is 3.22. The van der Waals surface area contributed by atoms with Crippen LogP contribution in [0, 0.1) is 20.8 Å². The fraction of sp³-hybridized carbons (Fsp3) is 0.609. The Kier molecular flexibility index (Phi) is 8.24. The normalized spacial score (nSPS) is 12.5. The minimum Gasteiger partial charge on any atom is -0.250 e. The first-order valence-electron chi connectivity index (χ1n) is 10.2. The van der Waals surface area contributed by atoms with Gasteiger partial charge in [0.15, 0.2) is 0 Å². The molecule has 0 aliphatic carbocycles. The topological polar surface area (TPSA) is 19.7 Å². The van der Waals surface area contributed by atoms with Gasteiger partial charge in [-0.1, -0.05) is 56.7 Å². The van der Waals surface area contributed by atoms with Crippen molar-refractivity contribution in [3.05, 3.63) is 53.1 Å². The molecule has 0 amide bonds. The van der Waals surface area contributed by atoms with Gasteiger partial charge in [-0.25, -0.2) is 4.57 Å². The Hall–Kier alpha value is -1.57. The zero-order valence-corrected chi connectivity index (χ0v) is 16.8. The van der Waals surface area contributed by atoms with Gasteiger partial charge in [-0.15, -0.1) is 0 Å². The number of nitrogens with one attached hydrogen (secondary N) is 1. The Balaban J connectivity index is 1.91. The molecule has 0 aliphatic heterocycles. The first kappa shape index (κ1) is 19.8. The second kappa shape index (κ2) is 10.4. The van der Waals surface area contributed by atoms with E-state index in [9.17, 15) is 0 Å². The number of rotatable bonds is 11. The van der Waals surface area contributed by atoms with Crippen molar-refractivity contribution in [2.24, 2.45) is 0 Å². The van der Waals surface area contributed by atoms with Crippen molar-refractivity contribution in [3.8, 4) is 0 Å². The second-order valence-corrected chi connectivity index (χ2v) is 7.68. The first-order valence-corrected chi connectivity index (χ1v) is 10.2. The molecule has 0 fully saturated rings. The van der Waals surface area contributed by atoms with Gasteiger partial charge in [-0.2, -0.15) is 0 Å². The van der Waals surface area contributed by atoms with Crippen LogP contribution in [0.25, 0.3) is 0 Å². The molecule has 0 aliphatic rings. The molecule has 1 aromatic heterocycles. The lowest BCUT2D eigenvalue weighted by Gasteiger charge is -2.16. The number of nitrogens with zero attached hydrogens (tertiary/aromatic N) is 1. The van der Waals surface area contributed by atoms with Crippen LogP contribution in [0.15, 0.2) is 30.9 Å². The lowest BCUT2D eigenvalue weighted by molar-refractivity contribution is -0.723. The van der Waals surface area contributed by atoms with Gasteiger partial charge in [-0.3, -0.25) is 4.98 Å². The molecule has 1 aromatic carbocycles. The smallest absolute Gasteiger partial charge is 0.241 e. The Labute approximate surface area is 154 Å². The predicted octanol–water partition coefficient (Wildman–Crippen LogP) is 6.15. The summed E-state index contributed by atoms with van der Waals surface area (Å²) in [5.41, 5.74) is 5.84. The SMILES string of the molecule is CCCCCCCCC(CCc1c(C)cc(C)cc1C)[n+]1cc[nH]c1. The monoisotopic (exact) mass is 341 g/mol. The van der Waals surface area contributed by atoms with Gasteiger partial charge in [0, 0.05) is 0 Å². The number of H-pyrrole nitrogens is 1. The molecule has 0 spiro atoms. The molecular formula is C23H37N2+. The van der Waals surface area contributed by atoms with Crippen molar-refractivity contribution in [1.29, 1.82) is 0 Å². The Morgan fingerprint density at radius 2 is 1.60 bits per heavy atom. The molecule has 2 aromatic rings. The number of hydrogen-bond acceptors (Lipinski definition) is 0. The van der Waals surface area contributed by atoms with E-state index >= 15 is 0 Å². The van der Waals surface area contributed by atoms with Crippen LogP contribution in [-0.4, -0.2) is 4.98 Å². The summed E-state index contributed by atoms with van der Waals surface area (Å²) >= 11 is 0. The van der Waals surface area contributed by atoms with E-state index in [1.165, 1.54) is 74.5 Å². The van der Waals surface area contributed by atoms with Gasteiger partial charge >= 0.3 is 0 Å². The number of unbranched alkanes of at least 4 members (excludes halogenated alkanes) is 5. The van der Waals surface area contributed by atoms with Crippen molar-refractivity contribution >= 4 is 0 Å². The van der Waals surface area contributed by atoms with Crippen molar-refractivity contribution in [2.75, 3.05) is 0 Å².